The summed E-state index contributed by atoms with van der Waals surface area (Å²) in [6, 6.07) is 6.70. The topological polar surface area (TPSA) is 29.9 Å². The van der Waals surface area contributed by atoms with Crippen molar-refractivity contribution < 1.29 is 0 Å². The number of halogens is 1. The second-order valence-electron chi connectivity index (χ2n) is 4.86. The lowest BCUT2D eigenvalue weighted by atomic mass is 10.1. The van der Waals surface area contributed by atoms with Crippen LogP contribution in [0.25, 0.3) is 5.69 Å². The highest BCUT2D eigenvalue weighted by Crippen LogP contribution is 2.26. The Morgan fingerprint density at radius 3 is 2.94 bits per heavy atom. The molecule has 3 nitrogen and oxygen atoms in total. The van der Waals surface area contributed by atoms with Gasteiger partial charge in [0.25, 0.3) is 0 Å². The third-order valence-corrected chi connectivity index (χ3v) is 3.47. The lowest BCUT2D eigenvalue weighted by Gasteiger charge is -2.12. The molecule has 1 N–H and O–H groups in total. The molecule has 1 saturated carbocycles. The fourth-order valence-electron chi connectivity index (χ4n) is 2.04. The third kappa shape index (κ3) is 2.42. The minimum atomic E-state index is 0.691. The van der Waals surface area contributed by atoms with Gasteiger partial charge in [-0.25, -0.2) is 4.68 Å². The van der Waals surface area contributed by atoms with E-state index in [2.05, 4.69) is 16.5 Å². The van der Waals surface area contributed by atoms with Crippen molar-refractivity contribution in [3.63, 3.8) is 0 Å². The van der Waals surface area contributed by atoms with Crippen LogP contribution in [0, 0.1) is 6.92 Å². The molecular weight excluding hydrogens is 246 g/mol. The molecule has 0 radical (unpaired) electrons. The Morgan fingerprint density at radius 2 is 2.28 bits per heavy atom. The molecule has 1 aliphatic rings. The molecule has 0 saturated heterocycles. The quantitative estimate of drug-likeness (QED) is 0.917. The minimum absolute atomic E-state index is 0.691. The maximum absolute atomic E-state index is 6.32. The third-order valence-electron chi connectivity index (χ3n) is 3.17. The van der Waals surface area contributed by atoms with Gasteiger partial charge in [0.15, 0.2) is 0 Å². The number of aromatic nitrogens is 2. The number of nitrogens with one attached hydrogen (secondary N) is 1. The first-order chi connectivity index (χ1) is 8.74. The Balaban J connectivity index is 1.94. The molecule has 1 heterocycles. The van der Waals surface area contributed by atoms with Crippen LogP contribution in [0.15, 0.2) is 30.6 Å². The van der Waals surface area contributed by atoms with Crippen LogP contribution in [-0.4, -0.2) is 15.8 Å². The van der Waals surface area contributed by atoms with E-state index in [4.69, 9.17) is 11.6 Å². The molecule has 18 heavy (non-hydrogen) atoms. The molecule has 1 aromatic heterocycles. The van der Waals surface area contributed by atoms with Gasteiger partial charge >= 0.3 is 0 Å². The first-order valence-electron chi connectivity index (χ1n) is 6.26. The molecule has 0 amide bonds. The molecule has 94 valence electrons. The van der Waals surface area contributed by atoms with Gasteiger partial charge < -0.3 is 5.32 Å². The Morgan fingerprint density at radius 1 is 1.44 bits per heavy atom. The summed E-state index contributed by atoms with van der Waals surface area (Å²) in [6.45, 7) is 2.88. The first kappa shape index (κ1) is 11.8. The van der Waals surface area contributed by atoms with E-state index >= 15 is 0 Å². The summed E-state index contributed by atoms with van der Waals surface area (Å²) in [7, 11) is 0. The van der Waals surface area contributed by atoms with Crippen molar-refractivity contribution in [3.8, 4) is 5.69 Å². The second-order valence-corrected chi connectivity index (χ2v) is 5.27. The number of aryl methyl sites for hydroxylation is 1. The van der Waals surface area contributed by atoms with E-state index < -0.39 is 0 Å². The number of hydrogen-bond donors (Lipinski definition) is 1. The number of benzene rings is 1. The predicted molar refractivity (Wildman–Crippen MR) is 73.2 cm³/mol. The van der Waals surface area contributed by atoms with E-state index in [9.17, 15) is 0 Å². The summed E-state index contributed by atoms with van der Waals surface area (Å²) in [5.74, 6) is 0. The van der Waals surface area contributed by atoms with Crippen LogP contribution in [-0.2, 0) is 6.54 Å². The van der Waals surface area contributed by atoms with Crippen molar-refractivity contribution in [2.75, 3.05) is 0 Å². The summed E-state index contributed by atoms with van der Waals surface area (Å²) in [6.07, 6.45) is 6.43. The lowest BCUT2D eigenvalue weighted by molar-refractivity contribution is 0.681. The molecule has 0 spiro atoms. The van der Waals surface area contributed by atoms with Crippen molar-refractivity contribution in [2.24, 2.45) is 0 Å². The number of rotatable bonds is 4. The van der Waals surface area contributed by atoms with Crippen LogP contribution in [0.2, 0.25) is 5.02 Å². The van der Waals surface area contributed by atoms with E-state index in [0.29, 0.717) is 6.04 Å². The average Bonchev–Trinajstić information content (AvgIpc) is 3.09. The Kier molecular flexibility index (Phi) is 3.10. The highest BCUT2D eigenvalue weighted by molar-refractivity contribution is 6.32. The van der Waals surface area contributed by atoms with Crippen LogP contribution in [0.3, 0.4) is 0 Å². The molecule has 3 rings (SSSR count). The molecule has 2 aromatic rings. The SMILES string of the molecule is Cc1cnn(-c2c(Cl)cccc2CNC2CC2)c1. The van der Waals surface area contributed by atoms with Crippen LogP contribution in [0.5, 0.6) is 0 Å². The zero-order valence-electron chi connectivity index (χ0n) is 10.4. The molecule has 1 aromatic carbocycles. The van der Waals surface area contributed by atoms with Crippen LogP contribution >= 0.6 is 11.6 Å². The molecule has 0 unspecified atom stereocenters. The summed E-state index contributed by atoms with van der Waals surface area (Å²) in [5.41, 5.74) is 3.31. The van der Waals surface area contributed by atoms with Gasteiger partial charge in [0.1, 0.15) is 0 Å². The maximum Gasteiger partial charge on any atom is 0.0876 e. The Labute approximate surface area is 112 Å². The number of para-hydroxylation sites is 1. The van der Waals surface area contributed by atoms with E-state index in [1.54, 1.807) is 0 Å². The van der Waals surface area contributed by atoms with Crippen LogP contribution in [0.4, 0.5) is 0 Å². The normalized spacial score (nSPS) is 15.0. The Hall–Kier alpha value is -1.32. The summed E-state index contributed by atoms with van der Waals surface area (Å²) < 4.78 is 1.86. The summed E-state index contributed by atoms with van der Waals surface area (Å²) in [5, 5.41) is 8.62. The van der Waals surface area contributed by atoms with Crippen LogP contribution < -0.4 is 5.32 Å². The van der Waals surface area contributed by atoms with Crippen molar-refractivity contribution in [2.45, 2.75) is 32.4 Å². The maximum atomic E-state index is 6.32. The van der Waals surface area contributed by atoms with Gasteiger partial charge in [-0.3, -0.25) is 0 Å². The lowest BCUT2D eigenvalue weighted by Crippen LogP contribution is -2.17. The van der Waals surface area contributed by atoms with Gasteiger partial charge in [-0.1, -0.05) is 23.7 Å². The number of nitrogens with zero attached hydrogens (tertiary/aromatic N) is 2. The zero-order chi connectivity index (χ0) is 12.5. The smallest absolute Gasteiger partial charge is 0.0876 e. The fourth-order valence-corrected chi connectivity index (χ4v) is 2.32. The van der Waals surface area contributed by atoms with Gasteiger partial charge in [0.05, 0.1) is 16.9 Å². The van der Waals surface area contributed by atoms with Crippen molar-refractivity contribution in [1.82, 2.24) is 15.1 Å². The van der Waals surface area contributed by atoms with Crippen molar-refractivity contribution >= 4 is 11.6 Å². The molecule has 0 aliphatic heterocycles. The number of hydrogen-bond acceptors (Lipinski definition) is 2. The van der Waals surface area contributed by atoms with Gasteiger partial charge in [-0.2, -0.15) is 5.10 Å². The molecule has 0 bridgehead atoms. The summed E-state index contributed by atoms with van der Waals surface area (Å²) in [4.78, 5) is 0. The highest BCUT2D eigenvalue weighted by atomic mass is 35.5. The summed E-state index contributed by atoms with van der Waals surface area (Å²) >= 11 is 6.32. The van der Waals surface area contributed by atoms with Gasteiger partial charge in [-0.05, 0) is 37.0 Å². The Bertz CT molecular complexity index is 558. The standard InChI is InChI=1S/C14H16ClN3/c1-10-7-17-18(9-10)14-11(3-2-4-13(14)15)8-16-12-5-6-12/h2-4,7,9,12,16H,5-6,8H2,1H3. The van der Waals surface area contributed by atoms with E-state index in [1.165, 1.54) is 18.4 Å². The van der Waals surface area contributed by atoms with Gasteiger partial charge in [0.2, 0.25) is 0 Å². The molecule has 4 heteroatoms. The van der Waals surface area contributed by atoms with Crippen molar-refractivity contribution in [1.29, 1.82) is 0 Å². The van der Waals surface area contributed by atoms with E-state index in [1.807, 2.05) is 36.1 Å². The van der Waals surface area contributed by atoms with E-state index in [0.717, 1.165) is 22.8 Å². The van der Waals surface area contributed by atoms with Gasteiger partial charge in [-0.15, -0.1) is 0 Å². The fraction of sp³-hybridized carbons (Fsp3) is 0.357. The molecule has 1 aliphatic carbocycles. The van der Waals surface area contributed by atoms with E-state index in [-0.39, 0.29) is 0 Å². The molecular formula is C14H16ClN3. The largest absolute Gasteiger partial charge is 0.310 e. The molecule has 1 fully saturated rings. The second kappa shape index (κ2) is 4.75. The highest BCUT2D eigenvalue weighted by Gasteiger charge is 2.21. The zero-order valence-corrected chi connectivity index (χ0v) is 11.1. The van der Waals surface area contributed by atoms with Gasteiger partial charge in [0, 0.05) is 18.8 Å². The molecule has 0 atom stereocenters. The van der Waals surface area contributed by atoms with Crippen molar-refractivity contribution in [3.05, 3.63) is 46.7 Å². The average molecular weight is 262 g/mol. The monoisotopic (exact) mass is 261 g/mol. The van der Waals surface area contributed by atoms with Crippen LogP contribution in [0.1, 0.15) is 24.0 Å². The minimum Gasteiger partial charge on any atom is -0.310 e. The predicted octanol–water partition coefficient (Wildman–Crippen LogP) is 3.09. The first-order valence-corrected chi connectivity index (χ1v) is 6.64.